The van der Waals surface area contributed by atoms with E-state index in [0.29, 0.717) is 0 Å². The van der Waals surface area contributed by atoms with Gasteiger partial charge in [-0.15, -0.1) is 0 Å². The minimum atomic E-state index is 0.770. The zero-order chi connectivity index (χ0) is 9.97. The van der Waals surface area contributed by atoms with Gasteiger partial charge in [-0.3, -0.25) is 0 Å². The van der Waals surface area contributed by atoms with Crippen LogP contribution in [0.5, 0.6) is 0 Å². The molecule has 1 heterocycles. The van der Waals surface area contributed by atoms with Gasteiger partial charge in [0.05, 0.1) is 0 Å². The van der Waals surface area contributed by atoms with E-state index in [4.69, 9.17) is 0 Å². The fourth-order valence-corrected chi connectivity index (χ4v) is 1.66. The van der Waals surface area contributed by atoms with Gasteiger partial charge >= 0.3 is 0 Å². The van der Waals surface area contributed by atoms with Crippen LogP contribution in [-0.4, -0.2) is 16.9 Å². The van der Waals surface area contributed by atoms with Crippen LogP contribution in [0.15, 0.2) is 4.63 Å². The van der Waals surface area contributed by atoms with Gasteiger partial charge in [-0.05, 0) is 38.1 Å². The van der Waals surface area contributed by atoms with Gasteiger partial charge in [0.15, 0.2) is 0 Å². The second-order valence-corrected chi connectivity index (χ2v) is 4.24. The van der Waals surface area contributed by atoms with Gasteiger partial charge in [0.2, 0.25) is 0 Å². The Balaban J connectivity index is 1.69. The molecule has 1 unspecified atom stereocenters. The van der Waals surface area contributed by atoms with Crippen LogP contribution in [0.1, 0.15) is 31.2 Å². The summed E-state index contributed by atoms with van der Waals surface area (Å²) in [5.41, 5.74) is 1.81. The minimum Gasteiger partial charge on any atom is -0.311 e. The summed E-state index contributed by atoms with van der Waals surface area (Å²) < 4.78 is 4.62. The fourth-order valence-electron chi connectivity index (χ4n) is 1.66. The number of rotatable bonds is 5. The lowest BCUT2D eigenvalue weighted by Crippen LogP contribution is -2.22. The second-order valence-electron chi connectivity index (χ2n) is 4.24. The van der Waals surface area contributed by atoms with E-state index in [1.165, 1.54) is 12.8 Å². The van der Waals surface area contributed by atoms with Crippen molar-refractivity contribution in [2.24, 2.45) is 11.8 Å². The molecule has 0 amide bonds. The molecule has 78 valence electrons. The van der Waals surface area contributed by atoms with E-state index in [1.54, 1.807) is 0 Å². The monoisotopic (exact) mass is 195 g/mol. The first kappa shape index (κ1) is 9.65. The molecule has 0 aromatic carbocycles. The predicted molar refractivity (Wildman–Crippen MR) is 52.6 cm³/mol. The van der Waals surface area contributed by atoms with Gasteiger partial charge in [0.1, 0.15) is 11.4 Å². The van der Waals surface area contributed by atoms with Gasteiger partial charge in [0, 0.05) is 6.54 Å². The zero-order valence-corrected chi connectivity index (χ0v) is 8.79. The lowest BCUT2D eigenvalue weighted by atomic mass is 10.1. The number of aryl methyl sites for hydroxylation is 1. The first-order valence-corrected chi connectivity index (χ1v) is 5.26. The number of aromatic nitrogens is 2. The SMILES string of the molecule is Cc1nonc1CNCC(C)C1CC1. The molecule has 1 fully saturated rings. The van der Waals surface area contributed by atoms with Gasteiger partial charge < -0.3 is 5.32 Å². The maximum absolute atomic E-state index is 4.62. The topological polar surface area (TPSA) is 51.0 Å². The van der Waals surface area contributed by atoms with Crippen molar-refractivity contribution in [1.82, 2.24) is 15.6 Å². The number of nitrogens with zero attached hydrogens (tertiary/aromatic N) is 2. The highest BCUT2D eigenvalue weighted by Crippen LogP contribution is 2.36. The molecule has 1 aliphatic rings. The molecule has 1 atom stereocenters. The number of hydrogen-bond donors (Lipinski definition) is 1. The van der Waals surface area contributed by atoms with E-state index in [-0.39, 0.29) is 0 Å². The second kappa shape index (κ2) is 4.09. The maximum Gasteiger partial charge on any atom is 0.121 e. The van der Waals surface area contributed by atoms with Gasteiger partial charge in [0.25, 0.3) is 0 Å². The largest absolute Gasteiger partial charge is 0.311 e. The van der Waals surface area contributed by atoms with Crippen molar-refractivity contribution in [3.8, 4) is 0 Å². The van der Waals surface area contributed by atoms with E-state index in [0.717, 1.165) is 36.3 Å². The lowest BCUT2D eigenvalue weighted by molar-refractivity contribution is 0.300. The first-order chi connectivity index (χ1) is 6.77. The Morgan fingerprint density at radius 1 is 1.50 bits per heavy atom. The van der Waals surface area contributed by atoms with E-state index in [2.05, 4.69) is 27.2 Å². The van der Waals surface area contributed by atoms with Crippen LogP contribution in [-0.2, 0) is 6.54 Å². The Morgan fingerprint density at radius 3 is 2.86 bits per heavy atom. The summed E-state index contributed by atoms with van der Waals surface area (Å²) >= 11 is 0. The maximum atomic E-state index is 4.62. The minimum absolute atomic E-state index is 0.770. The van der Waals surface area contributed by atoms with Crippen molar-refractivity contribution >= 4 is 0 Å². The molecule has 0 aliphatic heterocycles. The van der Waals surface area contributed by atoms with Gasteiger partial charge in [-0.25, -0.2) is 4.63 Å². The summed E-state index contributed by atoms with van der Waals surface area (Å²) in [4.78, 5) is 0. The van der Waals surface area contributed by atoms with Crippen molar-refractivity contribution in [3.05, 3.63) is 11.4 Å². The Kier molecular flexibility index (Phi) is 2.82. The number of nitrogens with one attached hydrogen (secondary N) is 1. The molecule has 1 aromatic rings. The molecule has 0 radical (unpaired) electrons. The van der Waals surface area contributed by atoms with Crippen LogP contribution in [0.25, 0.3) is 0 Å². The molecule has 1 N–H and O–H groups in total. The number of hydrogen-bond acceptors (Lipinski definition) is 4. The van der Waals surface area contributed by atoms with Crippen molar-refractivity contribution < 1.29 is 4.63 Å². The molecule has 0 saturated heterocycles. The van der Waals surface area contributed by atoms with E-state index in [1.807, 2.05) is 6.92 Å². The zero-order valence-electron chi connectivity index (χ0n) is 8.79. The van der Waals surface area contributed by atoms with Crippen LogP contribution in [0.2, 0.25) is 0 Å². The third kappa shape index (κ3) is 2.32. The molecule has 1 saturated carbocycles. The third-order valence-corrected chi connectivity index (χ3v) is 2.93. The van der Waals surface area contributed by atoms with Crippen LogP contribution in [0, 0.1) is 18.8 Å². The van der Waals surface area contributed by atoms with Crippen molar-refractivity contribution in [3.63, 3.8) is 0 Å². The van der Waals surface area contributed by atoms with Gasteiger partial charge in [-0.1, -0.05) is 17.2 Å². The molecule has 4 nitrogen and oxygen atoms in total. The quantitative estimate of drug-likeness (QED) is 0.773. The highest BCUT2D eigenvalue weighted by atomic mass is 16.6. The van der Waals surface area contributed by atoms with Crippen molar-refractivity contribution in [2.45, 2.75) is 33.2 Å². The predicted octanol–water partition coefficient (Wildman–Crippen LogP) is 1.51. The molecular formula is C10H17N3O. The smallest absolute Gasteiger partial charge is 0.121 e. The highest BCUT2D eigenvalue weighted by molar-refractivity contribution is 5.03. The normalized spacial score (nSPS) is 18.4. The van der Waals surface area contributed by atoms with Crippen LogP contribution >= 0.6 is 0 Å². The molecule has 0 spiro atoms. The summed E-state index contributed by atoms with van der Waals surface area (Å²) in [6, 6.07) is 0. The van der Waals surface area contributed by atoms with Crippen LogP contribution in [0.3, 0.4) is 0 Å². The molecule has 14 heavy (non-hydrogen) atoms. The van der Waals surface area contributed by atoms with E-state index < -0.39 is 0 Å². The third-order valence-electron chi connectivity index (χ3n) is 2.93. The first-order valence-electron chi connectivity index (χ1n) is 5.26. The molecule has 1 aromatic heterocycles. The van der Waals surface area contributed by atoms with Crippen molar-refractivity contribution in [2.75, 3.05) is 6.54 Å². The Labute approximate surface area is 84.0 Å². The van der Waals surface area contributed by atoms with E-state index >= 15 is 0 Å². The lowest BCUT2D eigenvalue weighted by Gasteiger charge is -2.09. The van der Waals surface area contributed by atoms with Crippen molar-refractivity contribution in [1.29, 1.82) is 0 Å². The van der Waals surface area contributed by atoms with Crippen LogP contribution < -0.4 is 5.32 Å². The highest BCUT2D eigenvalue weighted by Gasteiger charge is 2.27. The Morgan fingerprint density at radius 2 is 2.29 bits per heavy atom. The summed E-state index contributed by atoms with van der Waals surface area (Å²) in [5.74, 6) is 1.74. The molecular weight excluding hydrogens is 178 g/mol. The van der Waals surface area contributed by atoms with E-state index in [9.17, 15) is 0 Å². The molecule has 2 rings (SSSR count). The Hall–Kier alpha value is -0.900. The summed E-state index contributed by atoms with van der Waals surface area (Å²) in [7, 11) is 0. The molecule has 4 heteroatoms. The fraction of sp³-hybridized carbons (Fsp3) is 0.800. The van der Waals surface area contributed by atoms with Crippen LogP contribution in [0.4, 0.5) is 0 Å². The average molecular weight is 195 g/mol. The molecule has 0 bridgehead atoms. The average Bonchev–Trinajstić information content (AvgIpc) is 2.93. The summed E-state index contributed by atoms with van der Waals surface area (Å²) in [5, 5.41) is 10.9. The molecule has 1 aliphatic carbocycles. The Bertz CT molecular complexity index is 293. The summed E-state index contributed by atoms with van der Waals surface area (Å²) in [6.07, 6.45) is 2.82. The van der Waals surface area contributed by atoms with Gasteiger partial charge in [-0.2, -0.15) is 0 Å². The standard InChI is InChI=1S/C10H17N3O/c1-7(9-3-4-9)5-11-6-10-8(2)12-14-13-10/h7,9,11H,3-6H2,1-2H3. The summed E-state index contributed by atoms with van der Waals surface area (Å²) in [6.45, 7) is 6.06.